The third kappa shape index (κ3) is 2.59. The first-order valence-electron chi connectivity index (χ1n) is 5.97. The van der Waals surface area contributed by atoms with E-state index in [0.29, 0.717) is 24.2 Å². The molecule has 2 N–H and O–H groups in total. The Morgan fingerprint density at radius 3 is 2.94 bits per heavy atom. The number of carbonyl (C=O) groups is 1. The van der Waals surface area contributed by atoms with Crippen molar-refractivity contribution >= 4 is 11.8 Å². The van der Waals surface area contributed by atoms with E-state index < -0.39 is 5.97 Å². The van der Waals surface area contributed by atoms with E-state index in [1.165, 1.54) is 0 Å². The lowest BCUT2D eigenvalue weighted by molar-refractivity contribution is -0.141. The van der Waals surface area contributed by atoms with Crippen molar-refractivity contribution in [2.75, 3.05) is 5.32 Å². The third-order valence-electron chi connectivity index (χ3n) is 3.28. The molecule has 2 rings (SSSR count). The maximum Gasteiger partial charge on any atom is 0.306 e. The van der Waals surface area contributed by atoms with Crippen LogP contribution >= 0.6 is 0 Å². The summed E-state index contributed by atoms with van der Waals surface area (Å²) >= 11 is 0. The van der Waals surface area contributed by atoms with E-state index in [4.69, 9.17) is 10.4 Å². The van der Waals surface area contributed by atoms with Gasteiger partial charge in [-0.05, 0) is 38.3 Å². The Morgan fingerprint density at radius 2 is 2.33 bits per heavy atom. The molecule has 2 unspecified atom stereocenters. The van der Waals surface area contributed by atoms with E-state index in [9.17, 15) is 4.79 Å². The highest BCUT2D eigenvalue weighted by atomic mass is 16.4. The number of pyridine rings is 1. The molecule has 0 aromatic carbocycles. The van der Waals surface area contributed by atoms with Gasteiger partial charge in [0.2, 0.25) is 0 Å². The lowest BCUT2D eigenvalue weighted by atomic mass is 10.1. The smallest absolute Gasteiger partial charge is 0.306 e. The number of nitriles is 1. The topological polar surface area (TPSA) is 86.0 Å². The molecule has 94 valence electrons. The van der Waals surface area contributed by atoms with Gasteiger partial charge < -0.3 is 10.4 Å². The van der Waals surface area contributed by atoms with Crippen LogP contribution in [0.2, 0.25) is 0 Å². The van der Waals surface area contributed by atoms with Gasteiger partial charge in [-0.2, -0.15) is 5.26 Å². The zero-order valence-corrected chi connectivity index (χ0v) is 10.2. The van der Waals surface area contributed by atoms with Gasteiger partial charge in [0.05, 0.1) is 11.5 Å². The second kappa shape index (κ2) is 5.05. The van der Waals surface area contributed by atoms with E-state index in [0.717, 1.165) is 12.1 Å². The summed E-state index contributed by atoms with van der Waals surface area (Å²) in [6, 6.07) is 5.70. The summed E-state index contributed by atoms with van der Waals surface area (Å²) in [7, 11) is 0. The summed E-state index contributed by atoms with van der Waals surface area (Å²) in [5.74, 6) is -0.455. The molecule has 5 heteroatoms. The number of aromatic nitrogens is 1. The number of anilines is 1. The van der Waals surface area contributed by atoms with Gasteiger partial charge in [0.15, 0.2) is 0 Å². The number of nitrogens with zero attached hydrogens (tertiary/aromatic N) is 2. The van der Waals surface area contributed by atoms with Crippen molar-refractivity contribution in [1.29, 1.82) is 5.26 Å². The quantitative estimate of drug-likeness (QED) is 0.849. The van der Waals surface area contributed by atoms with Crippen molar-refractivity contribution in [1.82, 2.24) is 4.98 Å². The minimum absolute atomic E-state index is 0.0903. The second-order valence-corrected chi connectivity index (χ2v) is 4.65. The Kier molecular flexibility index (Phi) is 3.47. The summed E-state index contributed by atoms with van der Waals surface area (Å²) in [6.07, 6.45) is 2.08. The van der Waals surface area contributed by atoms with E-state index in [2.05, 4.69) is 16.4 Å². The van der Waals surface area contributed by atoms with Gasteiger partial charge in [0, 0.05) is 11.7 Å². The van der Waals surface area contributed by atoms with Gasteiger partial charge in [0.25, 0.3) is 0 Å². The standard InChI is InChI=1S/C13H15N3O2/c1-8-2-3-10(7-14)12(15-8)16-11-5-4-9(6-11)13(17)18/h2-3,9,11H,4-6H2,1H3,(H,15,16)(H,17,18). The molecule has 1 aliphatic carbocycles. The molecule has 1 fully saturated rings. The maximum absolute atomic E-state index is 10.9. The highest BCUT2D eigenvalue weighted by Gasteiger charge is 2.30. The Labute approximate surface area is 105 Å². The molecule has 0 saturated heterocycles. The van der Waals surface area contributed by atoms with Crippen molar-refractivity contribution in [3.63, 3.8) is 0 Å². The van der Waals surface area contributed by atoms with Gasteiger partial charge in [-0.15, -0.1) is 0 Å². The molecule has 0 spiro atoms. The number of aliphatic carboxylic acids is 1. The zero-order valence-electron chi connectivity index (χ0n) is 10.2. The molecule has 1 heterocycles. The number of aryl methyl sites for hydroxylation is 1. The monoisotopic (exact) mass is 245 g/mol. The van der Waals surface area contributed by atoms with E-state index in [-0.39, 0.29) is 12.0 Å². The molecule has 1 aromatic heterocycles. The molecule has 0 amide bonds. The molecule has 0 aliphatic heterocycles. The molecular weight excluding hydrogens is 230 g/mol. The van der Waals surface area contributed by atoms with Gasteiger partial charge in [-0.25, -0.2) is 4.98 Å². The Hall–Kier alpha value is -2.09. The van der Waals surface area contributed by atoms with Crippen LogP contribution < -0.4 is 5.32 Å². The van der Waals surface area contributed by atoms with Crippen molar-refractivity contribution in [3.8, 4) is 6.07 Å². The highest BCUT2D eigenvalue weighted by Crippen LogP contribution is 2.28. The average molecular weight is 245 g/mol. The van der Waals surface area contributed by atoms with Crippen LogP contribution in [0.15, 0.2) is 12.1 Å². The van der Waals surface area contributed by atoms with Crippen LogP contribution in [-0.4, -0.2) is 22.1 Å². The van der Waals surface area contributed by atoms with Crippen LogP contribution in [0.3, 0.4) is 0 Å². The summed E-state index contributed by atoms with van der Waals surface area (Å²) in [5.41, 5.74) is 1.34. The predicted octanol–water partition coefficient (Wildman–Crippen LogP) is 1.93. The maximum atomic E-state index is 10.9. The molecule has 2 atom stereocenters. The van der Waals surface area contributed by atoms with Gasteiger partial charge in [-0.3, -0.25) is 4.79 Å². The summed E-state index contributed by atoms with van der Waals surface area (Å²) < 4.78 is 0. The first-order chi connectivity index (χ1) is 8.60. The molecule has 1 saturated carbocycles. The molecule has 1 aromatic rings. The van der Waals surface area contributed by atoms with Crippen LogP contribution in [0.1, 0.15) is 30.5 Å². The molecule has 18 heavy (non-hydrogen) atoms. The third-order valence-corrected chi connectivity index (χ3v) is 3.28. The molecule has 5 nitrogen and oxygen atoms in total. The SMILES string of the molecule is Cc1ccc(C#N)c(NC2CCC(C(=O)O)C2)n1. The summed E-state index contributed by atoms with van der Waals surface area (Å²) in [6.45, 7) is 1.86. The fourth-order valence-electron chi connectivity index (χ4n) is 2.29. The van der Waals surface area contributed by atoms with Crippen LogP contribution in [0.4, 0.5) is 5.82 Å². The minimum Gasteiger partial charge on any atom is -0.481 e. The zero-order chi connectivity index (χ0) is 13.1. The van der Waals surface area contributed by atoms with E-state index >= 15 is 0 Å². The van der Waals surface area contributed by atoms with Gasteiger partial charge in [-0.1, -0.05) is 0 Å². The number of hydrogen-bond acceptors (Lipinski definition) is 4. The van der Waals surface area contributed by atoms with Crippen molar-refractivity contribution in [3.05, 3.63) is 23.4 Å². The average Bonchev–Trinajstić information content (AvgIpc) is 2.78. The number of nitrogens with one attached hydrogen (secondary N) is 1. The molecule has 0 bridgehead atoms. The first-order valence-corrected chi connectivity index (χ1v) is 5.97. The van der Waals surface area contributed by atoms with Gasteiger partial charge in [0.1, 0.15) is 11.9 Å². The molecule has 0 radical (unpaired) electrons. The number of carboxylic acid groups (broad SMARTS) is 1. The Bertz CT molecular complexity index is 507. The Balaban J connectivity index is 2.09. The van der Waals surface area contributed by atoms with E-state index in [1.54, 1.807) is 12.1 Å². The van der Waals surface area contributed by atoms with E-state index in [1.807, 2.05) is 6.92 Å². The van der Waals surface area contributed by atoms with Crippen LogP contribution in [0.5, 0.6) is 0 Å². The fraction of sp³-hybridized carbons (Fsp3) is 0.462. The summed E-state index contributed by atoms with van der Waals surface area (Å²) in [4.78, 5) is 15.2. The number of rotatable bonds is 3. The Morgan fingerprint density at radius 1 is 1.56 bits per heavy atom. The van der Waals surface area contributed by atoms with Crippen molar-refractivity contribution in [2.45, 2.75) is 32.2 Å². The fourth-order valence-corrected chi connectivity index (χ4v) is 2.29. The highest BCUT2D eigenvalue weighted by molar-refractivity contribution is 5.70. The predicted molar refractivity (Wildman–Crippen MR) is 66.1 cm³/mol. The normalized spacial score (nSPS) is 22.4. The van der Waals surface area contributed by atoms with Gasteiger partial charge >= 0.3 is 5.97 Å². The second-order valence-electron chi connectivity index (χ2n) is 4.65. The minimum atomic E-state index is -0.739. The largest absolute Gasteiger partial charge is 0.481 e. The number of hydrogen-bond donors (Lipinski definition) is 2. The lowest BCUT2D eigenvalue weighted by Crippen LogP contribution is -2.19. The van der Waals surface area contributed by atoms with Crippen LogP contribution in [0.25, 0.3) is 0 Å². The number of carboxylic acids is 1. The van der Waals surface area contributed by atoms with Crippen molar-refractivity contribution in [2.24, 2.45) is 5.92 Å². The molecule has 1 aliphatic rings. The van der Waals surface area contributed by atoms with Crippen LogP contribution in [0, 0.1) is 24.2 Å². The lowest BCUT2D eigenvalue weighted by Gasteiger charge is -2.14. The first kappa shape index (κ1) is 12.4. The van der Waals surface area contributed by atoms with Crippen LogP contribution in [-0.2, 0) is 4.79 Å². The summed E-state index contributed by atoms with van der Waals surface area (Å²) in [5, 5.41) is 21.1. The van der Waals surface area contributed by atoms with Crippen molar-refractivity contribution < 1.29 is 9.90 Å². The molecular formula is C13H15N3O2.